The molecule has 1 saturated heterocycles. The van der Waals surface area contributed by atoms with Gasteiger partial charge in [0, 0.05) is 18.7 Å². The summed E-state index contributed by atoms with van der Waals surface area (Å²) in [5.74, 6) is -1.30. The molecular formula is C15H21F2N3O. The Morgan fingerprint density at radius 2 is 1.90 bits per heavy atom. The Morgan fingerprint density at radius 3 is 2.33 bits per heavy atom. The first-order valence-electron chi connectivity index (χ1n) is 6.96. The van der Waals surface area contributed by atoms with Crippen molar-refractivity contribution < 1.29 is 14.0 Å². The van der Waals surface area contributed by atoms with Crippen molar-refractivity contribution in [1.29, 1.82) is 0 Å². The van der Waals surface area contributed by atoms with Crippen LogP contribution in [0.15, 0.2) is 17.3 Å². The van der Waals surface area contributed by atoms with Crippen LogP contribution in [0, 0.1) is 23.0 Å². The summed E-state index contributed by atoms with van der Waals surface area (Å²) in [7, 11) is 0. The Labute approximate surface area is 123 Å². The number of nitrogens with two attached hydrogens (primary N) is 1. The van der Waals surface area contributed by atoms with E-state index in [1.807, 2.05) is 0 Å². The summed E-state index contributed by atoms with van der Waals surface area (Å²) >= 11 is 0. The molecule has 1 unspecified atom stereocenters. The number of anilines is 1. The highest BCUT2D eigenvalue weighted by Crippen LogP contribution is 2.37. The molecule has 0 bridgehead atoms. The topological polar surface area (TPSA) is 61.8 Å². The van der Waals surface area contributed by atoms with Gasteiger partial charge < -0.3 is 15.8 Å². The van der Waals surface area contributed by atoms with Crippen LogP contribution in [0.3, 0.4) is 0 Å². The lowest BCUT2D eigenvalue weighted by Gasteiger charge is -2.27. The molecule has 6 heteroatoms. The predicted octanol–water partition coefficient (Wildman–Crippen LogP) is 2.93. The predicted molar refractivity (Wildman–Crippen MR) is 78.6 cm³/mol. The molecule has 0 saturated carbocycles. The zero-order valence-electron chi connectivity index (χ0n) is 12.5. The van der Waals surface area contributed by atoms with Gasteiger partial charge in [-0.25, -0.2) is 8.78 Å². The fraction of sp³-hybridized carbons (Fsp3) is 0.533. The van der Waals surface area contributed by atoms with Crippen LogP contribution >= 0.6 is 0 Å². The van der Waals surface area contributed by atoms with E-state index >= 15 is 0 Å². The normalized spacial score (nSPS) is 20.1. The quantitative estimate of drug-likeness (QED) is 0.382. The summed E-state index contributed by atoms with van der Waals surface area (Å²) in [5, 5.41) is 11.3. The zero-order valence-corrected chi connectivity index (χ0v) is 12.5. The third-order valence-electron chi connectivity index (χ3n) is 4.15. The molecule has 1 aromatic rings. The number of hydrogen-bond acceptors (Lipinski definition) is 3. The van der Waals surface area contributed by atoms with Crippen molar-refractivity contribution in [1.82, 2.24) is 0 Å². The van der Waals surface area contributed by atoms with E-state index in [4.69, 9.17) is 10.9 Å². The monoisotopic (exact) mass is 297 g/mol. The molecule has 1 aliphatic heterocycles. The standard InChI is InChI=1S/C15H21F2N3O/c1-15(2,3)10-4-5-20(8-10)13-11(16)6-9(7-12(13)17)14(18)19-21/h6-7,10,21H,4-5,8H2,1-3H3,(H2,18,19). The van der Waals surface area contributed by atoms with Crippen LogP contribution in [0.25, 0.3) is 0 Å². The van der Waals surface area contributed by atoms with Crippen molar-refractivity contribution in [2.75, 3.05) is 18.0 Å². The number of hydrogen-bond donors (Lipinski definition) is 2. The second kappa shape index (κ2) is 5.50. The van der Waals surface area contributed by atoms with Gasteiger partial charge in [-0.05, 0) is 29.9 Å². The third kappa shape index (κ3) is 3.09. The van der Waals surface area contributed by atoms with Gasteiger partial charge in [0.15, 0.2) is 5.84 Å². The molecule has 0 aromatic heterocycles. The van der Waals surface area contributed by atoms with E-state index in [1.54, 1.807) is 4.90 Å². The summed E-state index contributed by atoms with van der Waals surface area (Å²) < 4.78 is 28.4. The highest BCUT2D eigenvalue weighted by atomic mass is 19.1. The number of halogens is 2. The van der Waals surface area contributed by atoms with Crippen LogP contribution < -0.4 is 10.6 Å². The maximum absolute atomic E-state index is 14.2. The molecule has 0 radical (unpaired) electrons. The van der Waals surface area contributed by atoms with E-state index in [-0.39, 0.29) is 22.5 Å². The van der Waals surface area contributed by atoms with Gasteiger partial charge in [0.05, 0.1) is 0 Å². The first-order valence-corrected chi connectivity index (χ1v) is 6.96. The maximum Gasteiger partial charge on any atom is 0.170 e. The molecule has 2 rings (SSSR count). The molecule has 0 spiro atoms. The first kappa shape index (κ1) is 15.5. The van der Waals surface area contributed by atoms with Gasteiger partial charge >= 0.3 is 0 Å². The van der Waals surface area contributed by atoms with Crippen molar-refractivity contribution in [3.05, 3.63) is 29.3 Å². The Balaban J connectivity index is 2.30. The molecule has 0 amide bonds. The second-order valence-corrected chi connectivity index (χ2v) is 6.57. The Bertz CT molecular complexity index is 544. The number of amidine groups is 1. The smallest absolute Gasteiger partial charge is 0.170 e. The van der Waals surface area contributed by atoms with Gasteiger partial charge in [-0.1, -0.05) is 25.9 Å². The highest BCUT2D eigenvalue weighted by Gasteiger charge is 2.34. The molecule has 21 heavy (non-hydrogen) atoms. The highest BCUT2D eigenvalue weighted by molar-refractivity contribution is 5.97. The molecule has 4 nitrogen and oxygen atoms in total. The summed E-state index contributed by atoms with van der Waals surface area (Å²) in [6.45, 7) is 7.65. The fourth-order valence-corrected chi connectivity index (χ4v) is 2.74. The number of nitrogens with zero attached hydrogens (tertiary/aromatic N) is 2. The second-order valence-electron chi connectivity index (χ2n) is 6.57. The molecule has 116 valence electrons. The van der Waals surface area contributed by atoms with E-state index in [2.05, 4.69) is 25.9 Å². The van der Waals surface area contributed by atoms with Gasteiger partial charge in [0.1, 0.15) is 17.3 Å². The zero-order chi connectivity index (χ0) is 15.8. The molecule has 1 atom stereocenters. The minimum atomic E-state index is -0.689. The minimum Gasteiger partial charge on any atom is -0.409 e. The van der Waals surface area contributed by atoms with E-state index in [1.165, 1.54) is 0 Å². The maximum atomic E-state index is 14.2. The van der Waals surface area contributed by atoms with E-state index in [0.717, 1.165) is 18.6 Å². The summed E-state index contributed by atoms with van der Waals surface area (Å²) in [6.07, 6.45) is 0.907. The van der Waals surface area contributed by atoms with Gasteiger partial charge in [0.25, 0.3) is 0 Å². The lowest BCUT2D eigenvalue weighted by Crippen LogP contribution is -2.27. The molecule has 3 N–H and O–H groups in total. The molecule has 1 fully saturated rings. The van der Waals surface area contributed by atoms with Crippen molar-refractivity contribution in [2.45, 2.75) is 27.2 Å². The lowest BCUT2D eigenvalue weighted by atomic mass is 9.80. The molecule has 1 aromatic carbocycles. The van der Waals surface area contributed by atoms with Gasteiger partial charge in [0.2, 0.25) is 0 Å². The van der Waals surface area contributed by atoms with Crippen molar-refractivity contribution >= 4 is 11.5 Å². The Kier molecular flexibility index (Phi) is 4.07. The average Bonchev–Trinajstić information content (AvgIpc) is 2.86. The summed E-state index contributed by atoms with van der Waals surface area (Å²) in [6, 6.07) is 2.19. The van der Waals surface area contributed by atoms with Crippen molar-refractivity contribution in [3.8, 4) is 0 Å². The van der Waals surface area contributed by atoms with Gasteiger partial charge in [-0.2, -0.15) is 0 Å². The largest absolute Gasteiger partial charge is 0.409 e. The third-order valence-corrected chi connectivity index (χ3v) is 4.15. The van der Waals surface area contributed by atoms with Crippen LogP contribution in [-0.4, -0.2) is 24.1 Å². The number of benzene rings is 1. The number of rotatable bonds is 2. The van der Waals surface area contributed by atoms with Gasteiger partial charge in [-0.3, -0.25) is 0 Å². The average molecular weight is 297 g/mol. The Hall–Kier alpha value is -1.85. The van der Waals surface area contributed by atoms with E-state index in [0.29, 0.717) is 19.0 Å². The van der Waals surface area contributed by atoms with Gasteiger partial charge in [-0.15, -0.1) is 0 Å². The van der Waals surface area contributed by atoms with Crippen LogP contribution in [0.5, 0.6) is 0 Å². The minimum absolute atomic E-state index is 0.0304. The summed E-state index contributed by atoms with van der Waals surface area (Å²) in [5.41, 5.74) is 5.47. The molecule has 0 aliphatic carbocycles. The summed E-state index contributed by atoms with van der Waals surface area (Å²) in [4.78, 5) is 1.73. The van der Waals surface area contributed by atoms with Crippen molar-refractivity contribution in [2.24, 2.45) is 22.2 Å². The van der Waals surface area contributed by atoms with Crippen LogP contribution in [0.1, 0.15) is 32.8 Å². The fourth-order valence-electron chi connectivity index (χ4n) is 2.74. The SMILES string of the molecule is CC(C)(C)C1CCN(c2c(F)cc(C(N)=NO)cc2F)C1. The first-order chi connectivity index (χ1) is 9.74. The molecule has 1 aliphatic rings. The van der Waals surface area contributed by atoms with Crippen molar-refractivity contribution in [3.63, 3.8) is 0 Å². The van der Waals surface area contributed by atoms with E-state index < -0.39 is 11.6 Å². The number of oxime groups is 1. The van der Waals surface area contributed by atoms with Crippen LogP contribution in [-0.2, 0) is 0 Å². The van der Waals surface area contributed by atoms with E-state index in [9.17, 15) is 8.78 Å². The lowest BCUT2D eigenvalue weighted by molar-refractivity contribution is 0.263. The van der Waals surface area contributed by atoms with Crippen LogP contribution in [0.4, 0.5) is 14.5 Å². The van der Waals surface area contributed by atoms with Crippen LogP contribution in [0.2, 0.25) is 0 Å². The molecular weight excluding hydrogens is 276 g/mol. The molecule has 1 heterocycles. The Morgan fingerprint density at radius 1 is 1.33 bits per heavy atom.